The Morgan fingerprint density at radius 3 is 2.39 bits per heavy atom. The van der Waals surface area contributed by atoms with Crippen molar-refractivity contribution in [3.63, 3.8) is 0 Å². The number of aromatic nitrogens is 2. The number of rotatable bonds is 2. The van der Waals surface area contributed by atoms with Gasteiger partial charge in [0.15, 0.2) is 0 Å². The Bertz CT molecular complexity index is 857. The number of benzene rings is 2. The summed E-state index contributed by atoms with van der Waals surface area (Å²) >= 11 is 5.81. The molecule has 2 aromatic carbocycles. The summed E-state index contributed by atoms with van der Waals surface area (Å²) in [7, 11) is 0. The highest BCUT2D eigenvalue weighted by Crippen LogP contribution is 2.38. The molecule has 1 aromatic heterocycles. The van der Waals surface area contributed by atoms with E-state index in [0.717, 1.165) is 6.07 Å². The van der Waals surface area contributed by atoms with Gasteiger partial charge in [-0.3, -0.25) is 4.57 Å². The van der Waals surface area contributed by atoms with Crippen molar-refractivity contribution in [2.45, 2.75) is 19.2 Å². The van der Waals surface area contributed by atoms with Crippen molar-refractivity contribution < 1.29 is 18.3 Å². The van der Waals surface area contributed by atoms with E-state index in [9.17, 15) is 18.3 Å². The summed E-state index contributed by atoms with van der Waals surface area (Å²) in [6.45, 7) is 1.51. The molecular weight excluding hydrogens is 329 g/mol. The van der Waals surface area contributed by atoms with Gasteiger partial charge in [-0.25, -0.2) is 4.98 Å². The summed E-state index contributed by atoms with van der Waals surface area (Å²) < 4.78 is 40.6. The van der Waals surface area contributed by atoms with Crippen LogP contribution < -0.4 is 0 Å². The quantitative estimate of drug-likeness (QED) is 0.731. The molecule has 23 heavy (non-hydrogen) atoms. The van der Waals surface area contributed by atoms with Gasteiger partial charge in [-0.1, -0.05) is 29.8 Å². The third-order valence-corrected chi connectivity index (χ3v) is 3.78. The lowest BCUT2D eigenvalue weighted by Crippen LogP contribution is -2.06. The Morgan fingerprint density at radius 2 is 1.83 bits per heavy atom. The molecule has 1 N–H and O–H groups in total. The Labute approximate surface area is 134 Å². The fraction of sp³-hybridized carbons (Fsp3) is 0.188. The monoisotopic (exact) mass is 340 g/mol. The number of para-hydroxylation sites is 1. The topological polar surface area (TPSA) is 38.1 Å². The predicted octanol–water partition coefficient (Wildman–Crippen LogP) is 4.75. The number of hydrogen-bond acceptors (Lipinski definition) is 2. The van der Waals surface area contributed by atoms with E-state index >= 15 is 0 Å². The van der Waals surface area contributed by atoms with Gasteiger partial charge in [-0.15, -0.1) is 0 Å². The third kappa shape index (κ3) is 2.80. The molecule has 3 rings (SSSR count). The lowest BCUT2D eigenvalue weighted by atomic mass is 10.2. The van der Waals surface area contributed by atoms with Crippen molar-refractivity contribution in [3.8, 4) is 5.69 Å². The first kappa shape index (κ1) is 15.8. The van der Waals surface area contributed by atoms with Crippen LogP contribution in [0.3, 0.4) is 0 Å². The Kier molecular flexibility index (Phi) is 3.82. The molecule has 3 nitrogen and oxygen atoms in total. The first-order valence-electron chi connectivity index (χ1n) is 6.81. The van der Waals surface area contributed by atoms with Gasteiger partial charge in [0.2, 0.25) is 0 Å². The van der Waals surface area contributed by atoms with Crippen LogP contribution in [0.5, 0.6) is 0 Å². The number of imidazole rings is 1. The van der Waals surface area contributed by atoms with Crippen LogP contribution in [-0.4, -0.2) is 14.7 Å². The van der Waals surface area contributed by atoms with E-state index in [4.69, 9.17) is 11.6 Å². The zero-order valence-corrected chi connectivity index (χ0v) is 12.7. The molecule has 0 saturated heterocycles. The average molecular weight is 341 g/mol. The largest absolute Gasteiger partial charge is 0.417 e. The minimum atomic E-state index is -4.56. The van der Waals surface area contributed by atoms with E-state index in [0.29, 0.717) is 11.2 Å². The SMILES string of the molecule is CC(O)c1nc2cc(C(F)(F)F)c(Cl)cc2n1-c1ccccc1. The Balaban J connectivity index is 2.35. The van der Waals surface area contributed by atoms with E-state index in [1.807, 2.05) is 6.07 Å². The molecule has 120 valence electrons. The maximum atomic E-state index is 13.0. The van der Waals surface area contributed by atoms with Gasteiger partial charge in [0, 0.05) is 5.69 Å². The zero-order chi connectivity index (χ0) is 16.8. The maximum absolute atomic E-state index is 13.0. The summed E-state index contributed by atoms with van der Waals surface area (Å²) in [4.78, 5) is 4.16. The molecule has 0 amide bonds. The molecule has 0 aliphatic heterocycles. The standard InChI is InChI=1S/C16H12ClF3N2O/c1-9(23)15-21-13-7-11(16(18,19)20)12(17)8-14(13)22(15)10-5-3-2-4-6-10/h2-9,23H,1H3. The van der Waals surface area contributed by atoms with E-state index in [1.54, 1.807) is 28.8 Å². The van der Waals surface area contributed by atoms with E-state index in [1.165, 1.54) is 13.0 Å². The normalized spacial score (nSPS) is 13.5. The average Bonchev–Trinajstić information content (AvgIpc) is 2.85. The van der Waals surface area contributed by atoms with Gasteiger partial charge in [0.1, 0.15) is 11.9 Å². The second-order valence-electron chi connectivity index (χ2n) is 5.14. The van der Waals surface area contributed by atoms with Crippen LogP contribution in [0.2, 0.25) is 5.02 Å². The predicted molar refractivity (Wildman–Crippen MR) is 81.7 cm³/mol. The molecule has 0 bridgehead atoms. The first-order valence-corrected chi connectivity index (χ1v) is 7.19. The second-order valence-corrected chi connectivity index (χ2v) is 5.54. The van der Waals surface area contributed by atoms with Gasteiger partial charge in [0.25, 0.3) is 0 Å². The van der Waals surface area contributed by atoms with E-state index in [2.05, 4.69) is 4.98 Å². The van der Waals surface area contributed by atoms with Crippen molar-refractivity contribution in [1.29, 1.82) is 0 Å². The molecule has 3 aromatic rings. The van der Waals surface area contributed by atoms with Gasteiger partial charge < -0.3 is 5.11 Å². The van der Waals surface area contributed by atoms with Gasteiger partial charge in [0.05, 0.1) is 21.6 Å². The van der Waals surface area contributed by atoms with Crippen LogP contribution in [0.25, 0.3) is 16.7 Å². The molecule has 7 heteroatoms. The van der Waals surface area contributed by atoms with Crippen molar-refractivity contribution in [1.82, 2.24) is 9.55 Å². The number of aliphatic hydroxyl groups excluding tert-OH is 1. The van der Waals surface area contributed by atoms with Crippen LogP contribution in [0.1, 0.15) is 24.4 Å². The number of fused-ring (bicyclic) bond motifs is 1. The third-order valence-electron chi connectivity index (χ3n) is 3.46. The lowest BCUT2D eigenvalue weighted by Gasteiger charge is -2.12. The number of alkyl halides is 3. The number of aliphatic hydroxyl groups is 1. The Morgan fingerprint density at radius 1 is 1.17 bits per heavy atom. The molecule has 0 radical (unpaired) electrons. The van der Waals surface area contributed by atoms with Crippen LogP contribution in [0.15, 0.2) is 42.5 Å². The molecule has 1 heterocycles. The molecule has 0 aliphatic rings. The van der Waals surface area contributed by atoms with Crippen molar-refractivity contribution in [3.05, 3.63) is 58.9 Å². The number of hydrogen-bond donors (Lipinski definition) is 1. The number of nitrogens with zero attached hydrogens (tertiary/aromatic N) is 2. The molecule has 0 aliphatic carbocycles. The summed E-state index contributed by atoms with van der Waals surface area (Å²) in [5.74, 6) is 0.251. The fourth-order valence-electron chi connectivity index (χ4n) is 2.46. The molecular formula is C16H12ClF3N2O. The van der Waals surface area contributed by atoms with Crippen LogP contribution >= 0.6 is 11.6 Å². The highest BCUT2D eigenvalue weighted by Gasteiger charge is 2.34. The van der Waals surface area contributed by atoms with Gasteiger partial charge in [-0.2, -0.15) is 13.2 Å². The summed E-state index contributed by atoms with van der Waals surface area (Å²) in [6.07, 6.45) is -5.51. The van der Waals surface area contributed by atoms with Gasteiger partial charge in [-0.05, 0) is 31.2 Å². The maximum Gasteiger partial charge on any atom is 0.417 e. The lowest BCUT2D eigenvalue weighted by molar-refractivity contribution is -0.137. The molecule has 0 fully saturated rings. The summed E-state index contributed by atoms with van der Waals surface area (Å²) in [6, 6.07) is 11.1. The van der Waals surface area contributed by atoms with E-state index < -0.39 is 22.9 Å². The van der Waals surface area contributed by atoms with Gasteiger partial charge >= 0.3 is 6.18 Å². The highest BCUT2D eigenvalue weighted by atomic mass is 35.5. The molecule has 1 unspecified atom stereocenters. The highest BCUT2D eigenvalue weighted by molar-refractivity contribution is 6.32. The van der Waals surface area contributed by atoms with Crippen LogP contribution in [0.4, 0.5) is 13.2 Å². The first-order chi connectivity index (χ1) is 10.8. The minimum Gasteiger partial charge on any atom is -0.385 e. The van der Waals surface area contributed by atoms with Crippen LogP contribution in [-0.2, 0) is 6.18 Å². The summed E-state index contributed by atoms with van der Waals surface area (Å²) in [5, 5.41) is 9.52. The van der Waals surface area contributed by atoms with Crippen molar-refractivity contribution in [2.24, 2.45) is 0 Å². The Hall–Kier alpha value is -2.05. The fourth-order valence-corrected chi connectivity index (χ4v) is 2.73. The second kappa shape index (κ2) is 5.54. The molecule has 0 saturated carbocycles. The zero-order valence-electron chi connectivity index (χ0n) is 12.0. The van der Waals surface area contributed by atoms with Crippen molar-refractivity contribution >= 4 is 22.6 Å². The molecule has 1 atom stereocenters. The van der Waals surface area contributed by atoms with Crippen LogP contribution in [0, 0.1) is 0 Å². The smallest absolute Gasteiger partial charge is 0.385 e. The minimum absolute atomic E-state index is 0.126. The number of halogens is 4. The van der Waals surface area contributed by atoms with Crippen molar-refractivity contribution in [2.75, 3.05) is 0 Å². The summed E-state index contributed by atoms with van der Waals surface area (Å²) in [5.41, 5.74) is 0.273. The van der Waals surface area contributed by atoms with E-state index in [-0.39, 0.29) is 11.3 Å². The molecule has 0 spiro atoms.